The third-order valence-corrected chi connectivity index (χ3v) is 4.31. The van der Waals surface area contributed by atoms with E-state index in [1.807, 2.05) is 6.08 Å². The molecule has 0 amide bonds. The van der Waals surface area contributed by atoms with E-state index in [0.717, 1.165) is 50.7 Å². The van der Waals surface area contributed by atoms with Gasteiger partial charge in [-0.2, -0.15) is 0 Å². The average Bonchev–Trinajstić information content (AvgIpc) is 2.52. The fraction of sp³-hybridized carbons (Fsp3) is 0.500. The first-order valence-electron chi connectivity index (χ1n) is 7.87. The highest BCUT2D eigenvalue weighted by Crippen LogP contribution is 2.33. The lowest BCUT2D eigenvalue weighted by Gasteiger charge is -2.27. The van der Waals surface area contributed by atoms with Gasteiger partial charge >= 0.3 is 5.97 Å². The lowest BCUT2D eigenvalue weighted by Crippen LogP contribution is -2.25. The van der Waals surface area contributed by atoms with Crippen molar-refractivity contribution in [3.63, 3.8) is 0 Å². The molecule has 0 unspecified atom stereocenters. The lowest BCUT2D eigenvalue weighted by atomic mass is 9.80. The van der Waals surface area contributed by atoms with Gasteiger partial charge in [-0.25, -0.2) is 8.78 Å². The van der Waals surface area contributed by atoms with Crippen molar-refractivity contribution in [2.24, 2.45) is 11.8 Å². The number of rotatable bonds is 6. The minimum absolute atomic E-state index is 0.0667. The van der Waals surface area contributed by atoms with Gasteiger partial charge in [-0.05, 0) is 56.6 Å². The molecule has 0 aromatic heterocycles. The number of unbranched alkanes of at least 4 members (excludes halogenated alkanes) is 1. The van der Waals surface area contributed by atoms with Crippen molar-refractivity contribution in [2.75, 3.05) is 0 Å². The van der Waals surface area contributed by atoms with E-state index in [0.29, 0.717) is 5.92 Å². The first-order chi connectivity index (χ1) is 10.6. The summed E-state index contributed by atoms with van der Waals surface area (Å²) in [4.78, 5) is 12.1. The molecule has 0 heterocycles. The van der Waals surface area contributed by atoms with Crippen molar-refractivity contribution in [3.05, 3.63) is 42.5 Å². The van der Waals surface area contributed by atoms with Crippen LogP contribution in [0.1, 0.15) is 44.9 Å². The van der Waals surface area contributed by atoms with Crippen LogP contribution in [-0.4, -0.2) is 5.97 Å². The number of hydrogen-bond donors (Lipinski definition) is 0. The molecule has 1 aromatic carbocycles. The average molecular weight is 308 g/mol. The Labute approximate surface area is 130 Å². The molecule has 1 fully saturated rings. The Balaban J connectivity index is 1.79. The summed E-state index contributed by atoms with van der Waals surface area (Å²) in [5.41, 5.74) is 0. The van der Waals surface area contributed by atoms with Crippen LogP contribution in [0.25, 0.3) is 0 Å². The Morgan fingerprint density at radius 1 is 1.23 bits per heavy atom. The van der Waals surface area contributed by atoms with Crippen LogP contribution in [0.15, 0.2) is 30.9 Å². The highest BCUT2D eigenvalue weighted by molar-refractivity contribution is 5.75. The maximum absolute atomic E-state index is 13.1. The molecule has 0 aliphatic heterocycles. The topological polar surface area (TPSA) is 26.3 Å². The number of carbonyl (C=O) groups excluding carboxylic acids is 1. The van der Waals surface area contributed by atoms with E-state index in [2.05, 4.69) is 6.58 Å². The predicted molar refractivity (Wildman–Crippen MR) is 81.5 cm³/mol. The minimum Gasteiger partial charge on any atom is -0.426 e. The predicted octanol–water partition coefficient (Wildman–Crippen LogP) is 5.03. The van der Waals surface area contributed by atoms with Gasteiger partial charge in [0.1, 0.15) is 5.75 Å². The molecule has 0 spiro atoms. The summed E-state index contributed by atoms with van der Waals surface area (Å²) >= 11 is 0. The van der Waals surface area contributed by atoms with Gasteiger partial charge in [0, 0.05) is 6.07 Å². The molecule has 1 saturated carbocycles. The van der Waals surface area contributed by atoms with Crippen molar-refractivity contribution in [1.82, 2.24) is 0 Å². The van der Waals surface area contributed by atoms with E-state index >= 15 is 0 Å². The number of carbonyl (C=O) groups is 1. The highest BCUT2D eigenvalue weighted by Gasteiger charge is 2.27. The summed E-state index contributed by atoms with van der Waals surface area (Å²) in [6.45, 7) is 3.72. The van der Waals surface area contributed by atoms with Crippen LogP contribution in [0.4, 0.5) is 8.78 Å². The van der Waals surface area contributed by atoms with Crippen LogP contribution < -0.4 is 4.74 Å². The monoisotopic (exact) mass is 308 g/mol. The maximum Gasteiger partial charge on any atom is 0.314 e. The Kier molecular flexibility index (Phi) is 6.10. The van der Waals surface area contributed by atoms with Crippen LogP contribution in [0.3, 0.4) is 0 Å². The van der Waals surface area contributed by atoms with Gasteiger partial charge in [0.05, 0.1) is 5.92 Å². The van der Waals surface area contributed by atoms with E-state index in [1.54, 1.807) is 0 Å². The normalized spacial score (nSPS) is 21.4. The SMILES string of the molecule is C=CCCC[C@H]1CC[C@H](C(=O)Oc2ccc(F)c(F)c2)CC1. The maximum atomic E-state index is 13.1. The number of esters is 1. The van der Waals surface area contributed by atoms with Gasteiger partial charge in [-0.3, -0.25) is 4.79 Å². The van der Waals surface area contributed by atoms with Gasteiger partial charge in [-0.1, -0.05) is 12.5 Å². The summed E-state index contributed by atoms with van der Waals surface area (Å²) in [6, 6.07) is 3.15. The van der Waals surface area contributed by atoms with Gasteiger partial charge in [-0.15, -0.1) is 6.58 Å². The second kappa shape index (κ2) is 8.06. The Morgan fingerprint density at radius 2 is 1.95 bits per heavy atom. The van der Waals surface area contributed by atoms with Crippen molar-refractivity contribution in [1.29, 1.82) is 0 Å². The zero-order valence-electron chi connectivity index (χ0n) is 12.7. The zero-order chi connectivity index (χ0) is 15.9. The van der Waals surface area contributed by atoms with E-state index in [9.17, 15) is 13.6 Å². The van der Waals surface area contributed by atoms with Gasteiger partial charge < -0.3 is 4.74 Å². The molecule has 2 nitrogen and oxygen atoms in total. The molecule has 0 bridgehead atoms. The standard InChI is InChI=1S/C18H22F2O2/c1-2-3-4-5-13-6-8-14(9-7-13)18(21)22-15-10-11-16(19)17(20)12-15/h2,10-14H,1,3-9H2/t13-,14-. The molecule has 0 N–H and O–H groups in total. The molecular formula is C18H22F2O2. The van der Waals surface area contributed by atoms with Crippen molar-refractivity contribution >= 4 is 5.97 Å². The van der Waals surface area contributed by atoms with Crippen LogP contribution >= 0.6 is 0 Å². The smallest absolute Gasteiger partial charge is 0.314 e. The molecule has 120 valence electrons. The van der Waals surface area contributed by atoms with Crippen LogP contribution in [0, 0.1) is 23.5 Å². The third kappa shape index (κ3) is 4.65. The van der Waals surface area contributed by atoms with E-state index in [4.69, 9.17) is 4.74 Å². The molecule has 1 aliphatic carbocycles. The van der Waals surface area contributed by atoms with Crippen LogP contribution in [0.2, 0.25) is 0 Å². The first kappa shape index (κ1) is 16.7. The molecule has 4 heteroatoms. The van der Waals surface area contributed by atoms with Crippen molar-refractivity contribution in [3.8, 4) is 5.75 Å². The molecule has 0 atom stereocenters. The highest BCUT2D eigenvalue weighted by atomic mass is 19.2. The Bertz CT molecular complexity index is 520. The van der Waals surface area contributed by atoms with Gasteiger partial charge in [0.15, 0.2) is 11.6 Å². The molecule has 1 aromatic rings. The van der Waals surface area contributed by atoms with E-state index < -0.39 is 11.6 Å². The number of benzene rings is 1. The Hall–Kier alpha value is -1.71. The van der Waals surface area contributed by atoms with Gasteiger partial charge in [0.25, 0.3) is 0 Å². The van der Waals surface area contributed by atoms with Crippen LogP contribution in [0.5, 0.6) is 5.75 Å². The fourth-order valence-corrected chi connectivity index (χ4v) is 2.98. The summed E-state index contributed by atoms with van der Waals surface area (Å²) in [6.07, 6.45) is 8.96. The number of halogens is 2. The zero-order valence-corrected chi connectivity index (χ0v) is 12.7. The second-order valence-corrected chi connectivity index (χ2v) is 5.93. The summed E-state index contributed by atoms with van der Waals surface area (Å²) in [5, 5.41) is 0. The number of allylic oxidation sites excluding steroid dienone is 1. The largest absolute Gasteiger partial charge is 0.426 e. The van der Waals surface area contributed by atoms with Gasteiger partial charge in [0.2, 0.25) is 0 Å². The van der Waals surface area contributed by atoms with E-state index in [-0.39, 0.29) is 17.6 Å². The van der Waals surface area contributed by atoms with Crippen molar-refractivity contribution in [2.45, 2.75) is 44.9 Å². The Morgan fingerprint density at radius 3 is 2.59 bits per heavy atom. The molecule has 0 radical (unpaired) electrons. The quantitative estimate of drug-likeness (QED) is 0.319. The molecule has 22 heavy (non-hydrogen) atoms. The fourth-order valence-electron chi connectivity index (χ4n) is 2.98. The third-order valence-electron chi connectivity index (χ3n) is 4.31. The van der Waals surface area contributed by atoms with Crippen LogP contribution in [-0.2, 0) is 4.79 Å². The minimum atomic E-state index is -1.00. The second-order valence-electron chi connectivity index (χ2n) is 5.93. The van der Waals surface area contributed by atoms with E-state index in [1.165, 1.54) is 12.5 Å². The van der Waals surface area contributed by atoms with Crippen molar-refractivity contribution < 1.29 is 18.3 Å². The summed E-state index contributed by atoms with van der Waals surface area (Å²) < 4.78 is 31.1. The molecular weight excluding hydrogens is 286 g/mol. The molecule has 2 rings (SSSR count). The summed E-state index contributed by atoms with van der Waals surface area (Å²) in [5.74, 6) is -1.68. The number of ether oxygens (including phenoxy) is 1. The first-order valence-corrected chi connectivity index (χ1v) is 7.87. The number of hydrogen-bond acceptors (Lipinski definition) is 2. The summed E-state index contributed by atoms with van der Waals surface area (Å²) in [7, 11) is 0. The lowest BCUT2D eigenvalue weighted by molar-refractivity contribution is -0.140. The molecule has 1 aliphatic rings. The molecule has 0 saturated heterocycles.